The van der Waals surface area contributed by atoms with Crippen LogP contribution in [0, 0.1) is 0 Å². The van der Waals surface area contributed by atoms with Gasteiger partial charge in [-0.3, -0.25) is 0 Å². The van der Waals surface area contributed by atoms with Crippen molar-refractivity contribution in [3.8, 4) is 33.4 Å². The lowest BCUT2D eigenvalue weighted by atomic mass is 9.92. The summed E-state index contributed by atoms with van der Waals surface area (Å²) in [5, 5.41) is 5.25. The van der Waals surface area contributed by atoms with Crippen molar-refractivity contribution in [1.29, 1.82) is 0 Å². The van der Waals surface area contributed by atoms with Gasteiger partial charge in [-0.05, 0) is 94.0 Å². The molecule has 0 spiro atoms. The molecule has 0 aliphatic carbocycles. The molecule has 0 saturated carbocycles. The van der Waals surface area contributed by atoms with Gasteiger partial charge in [-0.1, -0.05) is 127 Å². The predicted molar refractivity (Wildman–Crippen MR) is 223 cm³/mol. The summed E-state index contributed by atoms with van der Waals surface area (Å²) in [6, 6.07) is 68.6. The number of para-hydroxylation sites is 1. The topological polar surface area (TPSA) is 3.24 Å². The number of nitrogens with zero attached hydrogens (tertiary/aromatic N) is 1. The highest BCUT2D eigenvalue weighted by atomic mass is 32.1. The third-order valence-electron chi connectivity index (χ3n) is 9.85. The van der Waals surface area contributed by atoms with E-state index in [1.54, 1.807) is 0 Å². The molecule has 10 aromatic rings. The van der Waals surface area contributed by atoms with Crippen LogP contribution in [0.3, 0.4) is 0 Å². The molecule has 0 bridgehead atoms. The van der Waals surface area contributed by atoms with Gasteiger partial charge in [0.25, 0.3) is 0 Å². The largest absolute Gasteiger partial charge is 0.309 e. The highest BCUT2D eigenvalue weighted by molar-refractivity contribution is 7.26. The van der Waals surface area contributed by atoms with Gasteiger partial charge in [0, 0.05) is 47.0 Å². The molecular weight excluding hydrogens is 655 g/mol. The van der Waals surface area contributed by atoms with E-state index in [4.69, 9.17) is 0 Å². The Morgan fingerprint density at radius 1 is 0.314 bits per heavy atom. The second-order valence-corrected chi connectivity index (χ2v) is 15.0. The molecule has 0 radical (unpaired) electrons. The Bertz CT molecular complexity index is 2850. The predicted octanol–water partition coefficient (Wildman–Crippen LogP) is 14.9. The van der Waals surface area contributed by atoms with Crippen molar-refractivity contribution in [3.05, 3.63) is 188 Å². The zero-order valence-electron chi connectivity index (χ0n) is 27.7. The zero-order chi connectivity index (χ0) is 33.7. The molecule has 2 aromatic heterocycles. The molecule has 0 fully saturated rings. The standard InChI is InChI=1S/C48H31NS2/c1-3-13-32(14-4-1)34-29-35(31-36(30-34)39-19-11-20-42-40-17-7-9-23-45(40)50-47(39)42)33-25-27-38(28-26-33)49(37-15-5-2-6-16-37)44-22-12-21-43-41-18-8-10-24-46(41)51-48(43)44/h1-31H. The molecule has 0 N–H and O–H groups in total. The molecule has 2 heterocycles. The van der Waals surface area contributed by atoms with Crippen LogP contribution in [0.4, 0.5) is 17.1 Å². The maximum atomic E-state index is 2.40. The zero-order valence-corrected chi connectivity index (χ0v) is 29.3. The maximum Gasteiger partial charge on any atom is 0.0640 e. The van der Waals surface area contributed by atoms with E-state index in [1.165, 1.54) is 79.4 Å². The van der Waals surface area contributed by atoms with Gasteiger partial charge in [-0.25, -0.2) is 0 Å². The maximum absolute atomic E-state index is 2.40. The molecule has 8 aromatic carbocycles. The summed E-state index contributed by atoms with van der Waals surface area (Å²) in [6.45, 7) is 0. The van der Waals surface area contributed by atoms with Crippen molar-refractivity contribution in [1.82, 2.24) is 0 Å². The number of thiophene rings is 2. The molecule has 1 nitrogen and oxygen atoms in total. The van der Waals surface area contributed by atoms with Crippen LogP contribution >= 0.6 is 22.7 Å². The third kappa shape index (κ3) is 5.21. The average Bonchev–Trinajstić information content (AvgIpc) is 3.78. The summed E-state index contributed by atoms with van der Waals surface area (Å²) in [4.78, 5) is 2.40. The van der Waals surface area contributed by atoms with Crippen LogP contribution < -0.4 is 4.90 Å². The van der Waals surface area contributed by atoms with Crippen molar-refractivity contribution in [3.63, 3.8) is 0 Å². The Hall–Kier alpha value is -6.00. The minimum Gasteiger partial charge on any atom is -0.309 e. The first-order valence-corrected chi connectivity index (χ1v) is 18.9. The van der Waals surface area contributed by atoms with E-state index < -0.39 is 0 Å². The summed E-state index contributed by atoms with van der Waals surface area (Å²) >= 11 is 3.75. The van der Waals surface area contributed by atoms with Crippen molar-refractivity contribution in [2.24, 2.45) is 0 Å². The van der Waals surface area contributed by atoms with Gasteiger partial charge < -0.3 is 4.90 Å². The normalized spacial score (nSPS) is 11.5. The summed E-state index contributed by atoms with van der Waals surface area (Å²) in [5.41, 5.74) is 10.8. The van der Waals surface area contributed by atoms with Gasteiger partial charge in [0.05, 0.1) is 10.4 Å². The fraction of sp³-hybridized carbons (Fsp3) is 0. The van der Waals surface area contributed by atoms with Gasteiger partial charge in [0.1, 0.15) is 0 Å². The van der Waals surface area contributed by atoms with Crippen LogP contribution in [0.2, 0.25) is 0 Å². The first-order valence-electron chi connectivity index (χ1n) is 17.3. The molecule has 51 heavy (non-hydrogen) atoms. The van der Waals surface area contributed by atoms with Crippen molar-refractivity contribution < 1.29 is 0 Å². The van der Waals surface area contributed by atoms with Gasteiger partial charge in [0.15, 0.2) is 0 Å². The Balaban J connectivity index is 1.12. The SMILES string of the molecule is c1ccc(-c2cc(-c3ccc(N(c4ccccc4)c4cccc5c4sc4ccccc45)cc3)cc(-c3cccc4c3sc3ccccc34)c2)cc1. The number of rotatable bonds is 6. The van der Waals surface area contributed by atoms with E-state index in [0.29, 0.717) is 0 Å². The van der Waals surface area contributed by atoms with Gasteiger partial charge in [-0.2, -0.15) is 0 Å². The summed E-state index contributed by atoms with van der Waals surface area (Å²) in [5.74, 6) is 0. The van der Waals surface area contributed by atoms with Crippen LogP contribution in [0.5, 0.6) is 0 Å². The molecule has 0 aliphatic rings. The third-order valence-corrected chi connectivity index (χ3v) is 12.3. The molecule has 10 rings (SSSR count). The van der Waals surface area contributed by atoms with Crippen molar-refractivity contribution in [2.75, 3.05) is 4.90 Å². The smallest absolute Gasteiger partial charge is 0.0640 e. The Morgan fingerprint density at radius 2 is 0.804 bits per heavy atom. The summed E-state index contributed by atoms with van der Waals surface area (Å²) in [6.07, 6.45) is 0. The molecule has 0 unspecified atom stereocenters. The number of benzene rings is 8. The quantitative estimate of drug-likeness (QED) is 0.168. The second kappa shape index (κ2) is 12.4. The lowest BCUT2D eigenvalue weighted by Gasteiger charge is -2.26. The van der Waals surface area contributed by atoms with Gasteiger partial charge in [-0.15, -0.1) is 22.7 Å². The molecule has 0 saturated heterocycles. The monoisotopic (exact) mass is 685 g/mol. The molecule has 240 valence electrons. The summed E-state index contributed by atoms with van der Waals surface area (Å²) in [7, 11) is 0. The van der Waals surface area contributed by atoms with Crippen LogP contribution in [0.15, 0.2) is 188 Å². The number of hydrogen-bond donors (Lipinski definition) is 0. The minimum absolute atomic E-state index is 1.13. The van der Waals surface area contributed by atoms with Crippen LogP contribution in [-0.2, 0) is 0 Å². The van der Waals surface area contributed by atoms with E-state index in [1.807, 2.05) is 22.7 Å². The Kier molecular flexibility index (Phi) is 7.26. The highest BCUT2D eigenvalue weighted by Crippen LogP contribution is 2.46. The van der Waals surface area contributed by atoms with Crippen LogP contribution in [0.25, 0.3) is 73.7 Å². The fourth-order valence-corrected chi connectivity index (χ4v) is 9.88. The van der Waals surface area contributed by atoms with Crippen molar-refractivity contribution in [2.45, 2.75) is 0 Å². The van der Waals surface area contributed by atoms with E-state index in [0.717, 1.165) is 11.4 Å². The Labute approximate surface area is 304 Å². The van der Waals surface area contributed by atoms with E-state index in [9.17, 15) is 0 Å². The molecule has 0 aliphatic heterocycles. The van der Waals surface area contributed by atoms with Gasteiger partial charge in [0.2, 0.25) is 0 Å². The molecule has 0 atom stereocenters. The second-order valence-electron chi connectivity index (χ2n) is 12.9. The highest BCUT2D eigenvalue weighted by Gasteiger charge is 2.18. The fourth-order valence-electron chi connectivity index (χ4n) is 7.44. The minimum atomic E-state index is 1.13. The van der Waals surface area contributed by atoms with Crippen molar-refractivity contribution >= 4 is 80.1 Å². The van der Waals surface area contributed by atoms with E-state index in [2.05, 4.69) is 193 Å². The first kappa shape index (κ1) is 29.9. The number of hydrogen-bond acceptors (Lipinski definition) is 3. The molecule has 3 heteroatoms. The molecular formula is C48H31NS2. The lowest BCUT2D eigenvalue weighted by Crippen LogP contribution is -2.09. The summed E-state index contributed by atoms with van der Waals surface area (Å²) < 4.78 is 5.26. The first-order chi connectivity index (χ1) is 25.3. The number of anilines is 3. The molecule has 0 amide bonds. The van der Waals surface area contributed by atoms with E-state index in [-0.39, 0.29) is 0 Å². The van der Waals surface area contributed by atoms with E-state index >= 15 is 0 Å². The van der Waals surface area contributed by atoms with Crippen LogP contribution in [0.1, 0.15) is 0 Å². The average molecular weight is 686 g/mol. The van der Waals surface area contributed by atoms with Crippen LogP contribution in [-0.4, -0.2) is 0 Å². The lowest BCUT2D eigenvalue weighted by molar-refractivity contribution is 1.30. The Morgan fingerprint density at radius 3 is 1.49 bits per heavy atom. The van der Waals surface area contributed by atoms with Gasteiger partial charge >= 0.3 is 0 Å². The number of fused-ring (bicyclic) bond motifs is 6.